The summed E-state index contributed by atoms with van der Waals surface area (Å²) in [6.07, 6.45) is -3.82. The van der Waals surface area contributed by atoms with Crippen molar-refractivity contribution in [1.29, 1.82) is 0 Å². The summed E-state index contributed by atoms with van der Waals surface area (Å²) in [5, 5.41) is 38.0. The van der Waals surface area contributed by atoms with Crippen molar-refractivity contribution in [1.82, 2.24) is 0 Å². The highest BCUT2D eigenvalue weighted by Gasteiger charge is 2.54. The average Bonchev–Trinajstić information content (AvgIpc) is 2.32. The number of carbonyl (C=O) groups excluding carboxylic acids is 1. The standard InChI is InChI=1S/C10H19NO7/c1-2-3-6(13)18-10(16)9(11)8(15)7(14)5(4-12)17-10/h5,7-9,12,14-16H,2-4,11H2,1H3/t5-,7-,8+,9-,10-/m1/s1. The molecule has 0 radical (unpaired) electrons. The van der Waals surface area contributed by atoms with Gasteiger partial charge in [-0.05, 0) is 6.42 Å². The van der Waals surface area contributed by atoms with Gasteiger partial charge in [-0.1, -0.05) is 6.92 Å². The Kier molecular flexibility index (Phi) is 5.02. The predicted octanol–water partition coefficient (Wildman–Crippen LogP) is -2.58. The molecule has 0 aromatic heterocycles. The number of hydrogen-bond donors (Lipinski definition) is 5. The Labute approximate surface area is 104 Å². The molecule has 0 spiro atoms. The van der Waals surface area contributed by atoms with Crippen molar-refractivity contribution < 1.29 is 34.7 Å². The fourth-order valence-electron chi connectivity index (χ4n) is 1.67. The Morgan fingerprint density at radius 3 is 2.56 bits per heavy atom. The molecule has 8 nitrogen and oxygen atoms in total. The number of aliphatic hydroxyl groups excluding tert-OH is 3. The molecule has 0 aliphatic carbocycles. The number of ether oxygens (including phenoxy) is 2. The quantitative estimate of drug-likeness (QED) is 0.275. The number of esters is 1. The molecule has 6 N–H and O–H groups in total. The Bertz CT molecular complexity index is 298. The van der Waals surface area contributed by atoms with E-state index in [0.717, 1.165) is 0 Å². The lowest BCUT2D eigenvalue weighted by atomic mass is 9.96. The van der Waals surface area contributed by atoms with E-state index in [2.05, 4.69) is 4.74 Å². The minimum absolute atomic E-state index is 0.0425. The monoisotopic (exact) mass is 265 g/mol. The third-order valence-electron chi connectivity index (χ3n) is 2.73. The van der Waals surface area contributed by atoms with Crippen molar-refractivity contribution >= 4 is 5.97 Å². The Balaban J connectivity index is 2.81. The first-order valence-corrected chi connectivity index (χ1v) is 5.70. The molecule has 1 heterocycles. The number of carbonyl (C=O) groups is 1. The second kappa shape index (κ2) is 5.91. The lowest BCUT2D eigenvalue weighted by Gasteiger charge is -2.44. The van der Waals surface area contributed by atoms with Gasteiger partial charge in [0, 0.05) is 6.42 Å². The van der Waals surface area contributed by atoms with Gasteiger partial charge in [-0.25, -0.2) is 0 Å². The summed E-state index contributed by atoms with van der Waals surface area (Å²) in [6, 6.07) is -1.53. The second-order valence-corrected chi connectivity index (χ2v) is 4.20. The molecule has 0 bridgehead atoms. The van der Waals surface area contributed by atoms with Crippen molar-refractivity contribution in [2.75, 3.05) is 6.61 Å². The first-order chi connectivity index (χ1) is 8.35. The molecule has 1 aliphatic rings. The first-order valence-electron chi connectivity index (χ1n) is 5.70. The van der Waals surface area contributed by atoms with Crippen molar-refractivity contribution in [2.45, 2.75) is 50.1 Å². The molecule has 5 atom stereocenters. The van der Waals surface area contributed by atoms with Crippen LogP contribution in [0.25, 0.3) is 0 Å². The van der Waals surface area contributed by atoms with Crippen LogP contribution in [0.1, 0.15) is 19.8 Å². The van der Waals surface area contributed by atoms with Crippen molar-refractivity contribution in [3.63, 3.8) is 0 Å². The fraction of sp³-hybridized carbons (Fsp3) is 0.900. The molecular formula is C10H19NO7. The fourth-order valence-corrected chi connectivity index (χ4v) is 1.67. The largest absolute Gasteiger partial charge is 0.406 e. The van der Waals surface area contributed by atoms with Crippen molar-refractivity contribution in [2.24, 2.45) is 5.73 Å². The van der Waals surface area contributed by atoms with Crippen LogP contribution in [-0.2, 0) is 14.3 Å². The zero-order valence-electron chi connectivity index (χ0n) is 10.0. The van der Waals surface area contributed by atoms with Gasteiger partial charge in [-0.15, -0.1) is 0 Å². The van der Waals surface area contributed by atoms with Crippen LogP contribution < -0.4 is 5.73 Å². The summed E-state index contributed by atoms with van der Waals surface area (Å²) in [4.78, 5) is 11.3. The van der Waals surface area contributed by atoms with Crippen LogP contribution in [0.4, 0.5) is 0 Å². The van der Waals surface area contributed by atoms with Crippen LogP contribution in [0, 0.1) is 0 Å². The van der Waals surface area contributed by atoms with E-state index in [9.17, 15) is 20.1 Å². The highest BCUT2D eigenvalue weighted by atomic mass is 16.8. The SMILES string of the molecule is CCCC(=O)O[C@]1(O)O[C@H](CO)[C@@H](O)[C@H](O)[C@H]1N. The predicted molar refractivity (Wildman–Crippen MR) is 57.9 cm³/mol. The van der Waals surface area contributed by atoms with E-state index in [1.165, 1.54) is 0 Å². The molecule has 0 aromatic rings. The highest BCUT2D eigenvalue weighted by Crippen LogP contribution is 2.28. The van der Waals surface area contributed by atoms with Gasteiger partial charge < -0.3 is 35.6 Å². The topological polar surface area (TPSA) is 142 Å². The van der Waals surface area contributed by atoms with Crippen LogP contribution in [0.5, 0.6) is 0 Å². The van der Waals surface area contributed by atoms with Gasteiger partial charge in [0.2, 0.25) is 0 Å². The van der Waals surface area contributed by atoms with E-state index in [1.807, 2.05) is 0 Å². The lowest BCUT2D eigenvalue weighted by molar-refractivity contribution is -0.406. The van der Waals surface area contributed by atoms with E-state index in [0.29, 0.717) is 6.42 Å². The van der Waals surface area contributed by atoms with Crippen LogP contribution in [-0.4, -0.2) is 63.3 Å². The van der Waals surface area contributed by atoms with E-state index in [-0.39, 0.29) is 6.42 Å². The number of rotatable bonds is 4. The van der Waals surface area contributed by atoms with Gasteiger partial charge in [0.25, 0.3) is 0 Å². The summed E-state index contributed by atoms with van der Waals surface area (Å²) in [6.45, 7) is 1.07. The van der Waals surface area contributed by atoms with Gasteiger partial charge in [-0.3, -0.25) is 4.79 Å². The average molecular weight is 265 g/mol. The van der Waals surface area contributed by atoms with Gasteiger partial charge in [0.05, 0.1) is 6.61 Å². The maximum Gasteiger partial charge on any atom is 0.345 e. The van der Waals surface area contributed by atoms with Crippen molar-refractivity contribution in [3.05, 3.63) is 0 Å². The molecule has 106 valence electrons. The number of nitrogens with two attached hydrogens (primary N) is 1. The molecule has 18 heavy (non-hydrogen) atoms. The van der Waals surface area contributed by atoms with E-state index in [1.54, 1.807) is 6.92 Å². The third kappa shape index (κ3) is 2.97. The first kappa shape index (κ1) is 15.3. The summed E-state index contributed by atoms with van der Waals surface area (Å²) < 4.78 is 9.53. The number of hydrogen-bond acceptors (Lipinski definition) is 8. The second-order valence-electron chi connectivity index (χ2n) is 4.20. The van der Waals surface area contributed by atoms with Crippen LogP contribution in [0.2, 0.25) is 0 Å². The normalized spacial score (nSPS) is 40.6. The maximum absolute atomic E-state index is 11.3. The van der Waals surface area contributed by atoms with E-state index < -0.39 is 42.9 Å². The molecule has 8 heteroatoms. The Morgan fingerprint density at radius 2 is 2.06 bits per heavy atom. The smallest absolute Gasteiger partial charge is 0.345 e. The number of aliphatic hydroxyl groups is 4. The molecule has 0 amide bonds. The van der Waals surface area contributed by atoms with Gasteiger partial charge >= 0.3 is 11.9 Å². The molecule has 0 aromatic carbocycles. The van der Waals surface area contributed by atoms with Gasteiger partial charge in [-0.2, -0.15) is 0 Å². The lowest BCUT2D eigenvalue weighted by Crippen LogP contribution is -2.69. The highest BCUT2D eigenvalue weighted by molar-refractivity contribution is 5.69. The molecule has 0 unspecified atom stereocenters. The van der Waals surface area contributed by atoms with E-state index >= 15 is 0 Å². The molecule has 1 aliphatic heterocycles. The summed E-state index contributed by atoms with van der Waals surface area (Å²) in [5.74, 6) is -3.31. The molecule has 1 saturated heterocycles. The Hall–Kier alpha value is -0.770. The van der Waals surface area contributed by atoms with Crippen LogP contribution >= 0.6 is 0 Å². The van der Waals surface area contributed by atoms with Gasteiger partial charge in [0.15, 0.2) is 0 Å². The maximum atomic E-state index is 11.3. The van der Waals surface area contributed by atoms with E-state index in [4.69, 9.17) is 15.6 Å². The zero-order chi connectivity index (χ0) is 13.9. The van der Waals surface area contributed by atoms with Crippen LogP contribution in [0.3, 0.4) is 0 Å². The summed E-state index contributed by atoms with van der Waals surface area (Å²) >= 11 is 0. The summed E-state index contributed by atoms with van der Waals surface area (Å²) in [7, 11) is 0. The minimum Gasteiger partial charge on any atom is -0.406 e. The summed E-state index contributed by atoms with van der Waals surface area (Å²) in [5.41, 5.74) is 5.46. The van der Waals surface area contributed by atoms with Crippen LogP contribution in [0.15, 0.2) is 0 Å². The van der Waals surface area contributed by atoms with Crippen molar-refractivity contribution in [3.8, 4) is 0 Å². The Morgan fingerprint density at radius 1 is 1.44 bits per heavy atom. The third-order valence-corrected chi connectivity index (χ3v) is 2.73. The molecule has 1 fully saturated rings. The zero-order valence-corrected chi connectivity index (χ0v) is 10.0. The van der Waals surface area contributed by atoms with Gasteiger partial charge in [0.1, 0.15) is 24.4 Å². The molecular weight excluding hydrogens is 246 g/mol. The minimum atomic E-state index is -2.56. The molecule has 0 saturated carbocycles. The molecule has 1 rings (SSSR count).